The topological polar surface area (TPSA) is 91.1 Å². The molecule has 0 fully saturated rings. The molecule has 0 aliphatic carbocycles. The summed E-state index contributed by atoms with van der Waals surface area (Å²) < 4.78 is 2.14. The average Bonchev–Trinajstić information content (AvgIpc) is 3.01. The summed E-state index contributed by atoms with van der Waals surface area (Å²) in [5, 5.41) is 1.82. The minimum atomic E-state index is -0.454. The summed E-state index contributed by atoms with van der Waals surface area (Å²) in [4.78, 5) is 24.0. The standard InChI is InChI=1S/C24H23N3O2/c1-2-6-15-11-12-18-21(13-15)27(14-16-7-3-4-8-17(16)23(25)28)20-10-5-9-19(22(18)20)24(26)29/h3-5,7-13H,2,6,14H2,1H3,(H2,25,28)(H2,26,29). The van der Waals surface area contributed by atoms with E-state index in [1.54, 1.807) is 18.2 Å². The summed E-state index contributed by atoms with van der Waals surface area (Å²) in [6, 6.07) is 19.2. The third kappa shape index (κ3) is 3.25. The van der Waals surface area contributed by atoms with Crippen LogP contribution >= 0.6 is 0 Å². The molecule has 0 saturated heterocycles. The minimum absolute atomic E-state index is 0.453. The van der Waals surface area contributed by atoms with E-state index in [4.69, 9.17) is 11.5 Å². The fourth-order valence-corrected chi connectivity index (χ4v) is 4.08. The second kappa shape index (κ2) is 7.43. The molecule has 3 aromatic carbocycles. The lowest BCUT2D eigenvalue weighted by Gasteiger charge is -2.11. The molecule has 0 bridgehead atoms. The summed E-state index contributed by atoms with van der Waals surface area (Å²) in [6.45, 7) is 2.62. The van der Waals surface area contributed by atoms with Crippen LogP contribution in [0.3, 0.4) is 0 Å². The summed E-state index contributed by atoms with van der Waals surface area (Å²) in [7, 11) is 0. The molecule has 0 spiro atoms. The molecule has 5 heteroatoms. The van der Waals surface area contributed by atoms with Crippen molar-refractivity contribution in [3.63, 3.8) is 0 Å². The Morgan fingerprint density at radius 2 is 1.59 bits per heavy atom. The Hall–Kier alpha value is -3.60. The van der Waals surface area contributed by atoms with Gasteiger partial charge in [0.25, 0.3) is 0 Å². The Morgan fingerprint density at radius 1 is 0.862 bits per heavy atom. The fraction of sp³-hybridized carbons (Fsp3) is 0.167. The van der Waals surface area contributed by atoms with Crippen molar-refractivity contribution in [2.45, 2.75) is 26.3 Å². The molecular formula is C24H23N3O2. The molecule has 146 valence electrons. The Labute approximate surface area is 168 Å². The van der Waals surface area contributed by atoms with E-state index < -0.39 is 11.8 Å². The number of amides is 2. The van der Waals surface area contributed by atoms with Crippen molar-refractivity contribution in [3.05, 3.63) is 82.9 Å². The zero-order chi connectivity index (χ0) is 20.5. The third-order valence-electron chi connectivity index (χ3n) is 5.37. The van der Waals surface area contributed by atoms with Crippen molar-refractivity contribution in [1.29, 1.82) is 0 Å². The molecule has 0 radical (unpaired) electrons. The summed E-state index contributed by atoms with van der Waals surface area (Å²) in [5.41, 5.74) is 16.2. The Morgan fingerprint density at radius 3 is 2.31 bits per heavy atom. The Kier molecular flexibility index (Phi) is 4.80. The molecule has 0 atom stereocenters. The van der Waals surface area contributed by atoms with E-state index in [2.05, 4.69) is 29.7 Å². The van der Waals surface area contributed by atoms with Crippen LogP contribution in [0.1, 0.15) is 45.2 Å². The minimum Gasteiger partial charge on any atom is -0.366 e. The van der Waals surface area contributed by atoms with Crippen molar-refractivity contribution in [3.8, 4) is 0 Å². The van der Waals surface area contributed by atoms with Gasteiger partial charge in [-0.05, 0) is 41.8 Å². The van der Waals surface area contributed by atoms with Crippen LogP contribution in [0.5, 0.6) is 0 Å². The molecule has 4 rings (SSSR count). The first-order chi connectivity index (χ1) is 14.0. The maximum Gasteiger partial charge on any atom is 0.249 e. The lowest BCUT2D eigenvalue weighted by atomic mass is 10.0. The summed E-state index contributed by atoms with van der Waals surface area (Å²) in [5.74, 6) is -0.907. The first kappa shape index (κ1) is 18.7. The molecule has 0 saturated carbocycles. The summed E-state index contributed by atoms with van der Waals surface area (Å²) in [6.07, 6.45) is 2.01. The molecule has 0 aliphatic rings. The highest BCUT2D eigenvalue weighted by Gasteiger charge is 2.18. The lowest BCUT2D eigenvalue weighted by Crippen LogP contribution is -2.15. The second-order valence-corrected chi connectivity index (χ2v) is 7.27. The van der Waals surface area contributed by atoms with Gasteiger partial charge in [0.1, 0.15) is 0 Å². The predicted molar refractivity (Wildman–Crippen MR) is 116 cm³/mol. The van der Waals surface area contributed by atoms with Gasteiger partial charge in [0.05, 0.1) is 5.52 Å². The quantitative estimate of drug-likeness (QED) is 0.525. The number of nitrogens with zero attached hydrogens (tertiary/aromatic N) is 1. The van der Waals surface area contributed by atoms with E-state index in [0.29, 0.717) is 17.7 Å². The van der Waals surface area contributed by atoms with E-state index in [0.717, 1.165) is 40.2 Å². The number of hydrogen-bond acceptors (Lipinski definition) is 2. The number of benzene rings is 3. The van der Waals surface area contributed by atoms with E-state index >= 15 is 0 Å². The number of aryl methyl sites for hydroxylation is 1. The van der Waals surface area contributed by atoms with Crippen LogP contribution in [0.4, 0.5) is 0 Å². The SMILES string of the molecule is CCCc1ccc2c3c(C(N)=O)cccc3n(Cc3ccccc3C(N)=O)c2c1. The van der Waals surface area contributed by atoms with Gasteiger partial charge in [-0.25, -0.2) is 0 Å². The van der Waals surface area contributed by atoms with E-state index in [1.165, 1.54) is 5.56 Å². The first-order valence-corrected chi connectivity index (χ1v) is 9.72. The molecule has 4 N–H and O–H groups in total. The van der Waals surface area contributed by atoms with Gasteiger partial charge in [0, 0.05) is 34.0 Å². The van der Waals surface area contributed by atoms with E-state index in [-0.39, 0.29) is 0 Å². The predicted octanol–water partition coefficient (Wildman–Crippen LogP) is 3.99. The monoisotopic (exact) mass is 385 g/mol. The molecule has 1 aromatic heterocycles. The lowest BCUT2D eigenvalue weighted by molar-refractivity contribution is 0.0992. The van der Waals surface area contributed by atoms with Crippen molar-refractivity contribution in [2.24, 2.45) is 11.5 Å². The van der Waals surface area contributed by atoms with Crippen LogP contribution < -0.4 is 11.5 Å². The van der Waals surface area contributed by atoms with Gasteiger partial charge in [0.2, 0.25) is 11.8 Å². The molecule has 1 heterocycles. The normalized spacial score (nSPS) is 11.2. The number of fused-ring (bicyclic) bond motifs is 3. The van der Waals surface area contributed by atoms with Crippen LogP contribution in [-0.2, 0) is 13.0 Å². The van der Waals surface area contributed by atoms with Gasteiger partial charge < -0.3 is 16.0 Å². The zero-order valence-corrected chi connectivity index (χ0v) is 16.3. The van der Waals surface area contributed by atoms with Gasteiger partial charge in [0.15, 0.2) is 0 Å². The third-order valence-corrected chi connectivity index (χ3v) is 5.37. The molecule has 2 amide bonds. The van der Waals surface area contributed by atoms with Crippen molar-refractivity contribution in [2.75, 3.05) is 0 Å². The number of hydrogen-bond donors (Lipinski definition) is 2. The molecule has 5 nitrogen and oxygen atoms in total. The van der Waals surface area contributed by atoms with Gasteiger partial charge in [-0.2, -0.15) is 0 Å². The largest absolute Gasteiger partial charge is 0.366 e. The van der Waals surface area contributed by atoms with Gasteiger partial charge in [-0.3, -0.25) is 9.59 Å². The number of nitrogens with two attached hydrogens (primary N) is 2. The van der Waals surface area contributed by atoms with Crippen LogP contribution in [0.15, 0.2) is 60.7 Å². The van der Waals surface area contributed by atoms with Gasteiger partial charge in [-0.1, -0.05) is 49.7 Å². The number of rotatable bonds is 6. The van der Waals surface area contributed by atoms with E-state index in [1.807, 2.05) is 24.3 Å². The average molecular weight is 385 g/mol. The van der Waals surface area contributed by atoms with Crippen LogP contribution in [0.2, 0.25) is 0 Å². The smallest absolute Gasteiger partial charge is 0.249 e. The van der Waals surface area contributed by atoms with Crippen LogP contribution in [0.25, 0.3) is 21.8 Å². The van der Waals surface area contributed by atoms with Crippen molar-refractivity contribution < 1.29 is 9.59 Å². The number of primary amides is 2. The molecule has 0 aliphatic heterocycles. The van der Waals surface area contributed by atoms with Crippen LogP contribution in [-0.4, -0.2) is 16.4 Å². The number of carbonyl (C=O) groups is 2. The Bertz CT molecular complexity index is 1250. The van der Waals surface area contributed by atoms with Gasteiger partial charge >= 0.3 is 0 Å². The zero-order valence-electron chi connectivity index (χ0n) is 16.3. The maximum atomic E-state index is 12.1. The maximum absolute atomic E-state index is 12.1. The van der Waals surface area contributed by atoms with E-state index in [9.17, 15) is 9.59 Å². The molecular weight excluding hydrogens is 362 g/mol. The summed E-state index contributed by atoms with van der Waals surface area (Å²) >= 11 is 0. The van der Waals surface area contributed by atoms with Crippen molar-refractivity contribution >= 4 is 33.6 Å². The van der Waals surface area contributed by atoms with Crippen molar-refractivity contribution in [1.82, 2.24) is 4.57 Å². The number of aromatic nitrogens is 1. The second-order valence-electron chi connectivity index (χ2n) is 7.27. The highest BCUT2D eigenvalue weighted by Crippen LogP contribution is 2.33. The Balaban J connectivity index is 2.03. The fourth-order valence-electron chi connectivity index (χ4n) is 4.08. The molecule has 29 heavy (non-hydrogen) atoms. The first-order valence-electron chi connectivity index (χ1n) is 9.72. The van der Waals surface area contributed by atoms with Gasteiger partial charge in [-0.15, -0.1) is 0 Å². The molecule has 0 unspecified atom stereocenters. The molecule has 4 aromatic rings. The number of carbonyl (C=O) groups excluding carboxylic acids is 2. The highest BCUT2D eigenvalue weighted by atomic mass is 16.1. The van der Waals surface area contributed by atoms with Crippen LogP contribution in [0, 0.1) is 0 Å². The highest BCUT2D eigenvalue weighted by molar-refractivity contribution is 6.18.